The van der Waals surface area contributed by atoms with Crippen LogP contribution in [0.15, 0.2) is 18.2 Å². The molecule has 1 heterocycles. The summed E-state index contributed by atoms with van der Waals surface area (Å²) >= 11 is 0. The van der Waals surface area contributed by atoms with Gasteiger partial charge in [0.25, 0.3) is 0 Å². The van der Waals surface area contributed by atoms with Gasteiger partial charge in [0.1, 0.15) is 0 Å². The summed E-state index contributed by atoms with van der Waals surface area (Å²) in [6.45, 7) is 7.34. The topological polar surface area (TPSA) is 25.2 Å². The lowest BCUT2D eigenvalue weighted by Crippen LogP contribution is -2.04. The van der Waals surface area contributed by atoms with Crippen LogP contribution in [0.2, 0.25) is 0 Å². The molecule has 1 aromatic heterocycles. The predicted octanol–water partition coefficient (Wildman–Crippen LogP) is 2.81. The number of rotatable bonds is 3. The highest BCUT2D eigenvalue weighted by molar-refractivity contribution is 5.86. The van der Waals surface area contributed by atoms with E-state index in [1.54, 1.807) is 0 Å². The zero-order valence-electron chi connectivity index (χ0n) is 10.2. The molecule has 2 aromatic rings. The molecule has 86 valence electrons. The van der Waals surface area contributed by atoms with E-state index in [1.807, 2.05) is 0 Å². The van der Waals surface area contributed by atoms with Gasteiger partial charge < -0.3 is 9.67 Å². The maximum Gasteiger partial charge on any atom is 0.0610 e. The molecule has 0 fully saturated rings. The monoisotopic (exact) mass is 217 g/mol. The Bertz CT molecular complexity index is 511. The Hall–Kier alpha value is -1.28. The number of hydrogen-bond donors (Lipinski definition) is 1. The molecule has 0 bridgehead atoms. The van der Waals surface area contributed by atoms with Crippen molar-refractivity contribution in [3.05, 3.63) is 35.0 Å². The fraction of sp³-hybridized carbons (Fsp3) is 0.429. The first-order chi connectivity index (χ1) is 7.69. The SMILES string of the molecule is CCc1c(C)n(CCO)c2ccc(C)cc12. The summed E-state index contributed by atoms with van der Waals surface area (Å²) < 4.78 is 2.22. The normalized spacial score (nSPS) is 11.2. The second-order valence-electron chi connectivity index (χ2n) is 4.31. The lowest BCUT2D eigenvalue weighted by atomic mass is 10.1. The van der Waals surface area contributed by atoms with Crippen molar-refractivity contribution in [2.24, 2.45) is 0 Å². The Morgan fingerprint density at radius 1 is 1.25 bits per heavy atom. The zero-order valence-corrected chi connectivity index (χ0v) is 10.2. The lowest BCUT2D eigenvalue weighted by Gasteiger charge is -2.05. The Morgan fingerprint density at radius 2 is 2.00 bits per heavy atom. The first kappa shape index (κ1) is 11.2. The quantitative estimate of drug-likeness (QED) is 0.840. The fourth-order valence-corrected chi connectivity index (χ4v) is 2.50. The van der Waals surface area contributed by atoms with Crippen LogP contribution in [0.3, 0.4) is 0 Å². The van der Waals surface area contributed by atoms with Gasteiger partial charge in [-0.15, -0.1) is 0 Å². The largest absolute Gasteiger partial charge is 0.395 e. The molecule has 0 aliphatic heterocycles. The zero-order chi connectivity index (χ0) is 11.7. The van der Waals surface area contributed by atoms with Crippen molar-refractivity contribution < 1.29 is 5.11 Å². The minimum absolute atomic E-state index is 0.196. The Kier molecular flexibility index (Phi) is 3.01. The van der Waals surface area contributed by atoms with Crippen molar-refractivity contribution in [1.82, 2.24) is 4.57 Å². The van der Waals surface area contributed by atoms with E-state index < -0.39 is 0 Å². The van der Waals surface area contributed by atoms with Gasteiger partial charge in [-0.05, 0) is 38.0 Å². The van der Waals surface area contributed by atoms with Crippen LogP contribution in [0, 0.1) is 13.8 Å². The summed E-state index contributed by atoms with van der Waals surface area (Å²) in [4.78, 5) is 0. The van der Waals surface area contributed by atoms with Gasteiger partial charge in [0.15, 0.2) is 0 Å². The molecule has 0 unspecified atom stereocenters. The Balaban J connectivity index is 2.75. The van der Waals surface area contributed by atoms with Crippen LogP contribution in [0.5, 0.6) is 0 Å². The number of aryl methyl sites for hydroxylation is 2. The molecule has 2 nitrogen and oxygen atoms in total. The fourth-order valence-electron chi connectivity index (χ4n) is 2.50. The summed E-state index contributed by atoms with van der Waals surface area (Å²) in [5, 5.41) is 10.5. The van der Waals surface area contributed by atoms with Gasteiger partial charge in [-0.1, -0.05) is 18.6 Å². The molecular weight excluding hydrogens is 198 g/mol. The molecule has 0 spiro atoms. The van der Waals surface area contributed by atoms with Crippen molar-refractivity contribution >= 4 is 10.9 Å². The summed E-state index contributed by atoms with van der Waals surface area (Å²) in [5.41, 5.74) is 5.24. The van der Waals surface area contributed by atoms with Crippen LogP contribution in [-0.4, -0.2) is 16.3 Å². The molecule has 2 rings (SSSR count). The van der Waals surface area contributed by atoms with Crippen LogP contribution in [-0.2, 0) is 13.0 Å². The average Bonchev–Trinajstić information content (AvgIpc) is 2.52. The third-order valence-electron chi connectivity index (χ3n) is 3.29. The van der Waals surface area contributed by atoms with E-state index in [1.165, 1.54) is 27.7 Å². The molecule has 0 aliphatic carbocycles. The maximum absolute atomic E-state index is 9.12. The average molecular weight is 217 g/mol. The van der Waals surface area contributed by atoms with Crippen LogP contribution in [0.25, 0.3) is 10.9 Å². The second kappa shape index (κ2) is 4.30. The highest BCUT2D eigenvalue weighted by Gasteiger charge is 2.11. The van der Waals surface area contributed by atoms with Crippen LogP contribution in [0.1, 0.15) is 23.7 Å². The van der Waals surface area contributed by atoms with Gasteiger partial charge >= 0.3 is 0 Å². The molecule has 0 aliphatic rings. The highest BCUT2D eigenvalue weighted by atomic mass is 16.3. The Labute approximate surface area is 96.5 Å². The van der Waals surface area contributed by atoms with E-state index in [-0.39, 0.29) is 6.61 Å². The van der Waals surface area contributed by atoms with Crippen LogP contribution < -0.4 is 0 Å². The van der Waals surface area contributed by atoms with Crippen molar-refractivity contribution in [2.75, 3.05) is 6.61 Å². The number of aliphatic hydroxyl groups excluding tert-OH is 1. The van der Waals surface area contributed by atoms with Crippen molar-refractivity contribution in [3.63, 3.8) is 0 Å². The summed E-state index contributed by atoms with van der Waals surface area (Å²) in [5.74, 6) is 0. The molecule has 0 atom stereocenters. The van der Waals surface area contributed by atoms with E-state index in [4.69, 9.17) is 5.11 Å². The lowest BCUT2D eigenvalue weighted by molar-refractivity contribution is 0.277. The minimum Gasteiger partial charge on any atom is -0.395 e. The van der Waals surface area contributed by atoms with Gasteiger partial charge in [0.05, 0.1) is 6.61 Å². The van der Waals surface area contributed by atoms with Gasteiger partial charge in [0.2, 0.25) is 0 Å². The van der Waals surface area contributed by atoms with Gasteiger partial charge in [-0.3, -0.25) is 0 Å². The summed E-state index contributed by atoms with van der Waals surface area (Å²) in [7, 11) is 0. The van der Waals surface area contributed by atoms with Crippen molar-refractivity contribution in [2.45, 2.75) is 33.7 Å². The van der Waals surface area contributed by atoms with E-state index in [0.29, 0.717) is 6.54 Å². The molecule has 0 saturated heterocycles. The van der Waals surface area contributed by atoms with Gasteiger partial charge in [0, 0.05) is 23.1 Å². The summed E-state index contributed by atoms with van der Waals surface area (Å²) in [6, 6.07) is 6.54. The van der Waals surface area contributed by atoms with E-state index >= 15 is 0 Å². The third kappa shape index (κ3) is 1.63. The number of hydrogen-bond acceptors (Lipinski definition) is 1. The number of nitrogens with zero attached hydrogens (tertiary/aromatic N) is 1. The molecule has 1 aromatic carbocycles. The predicted molar refractivity (Wildman–Crippen MR) is 67.9 cm³/mol. The number of fused-ring (bicyclic) bond motifs is 1. The Morgan fingerprint density at radius 3 is 2.62 bits per heavy atom. The standard InChI is InChI=1S/C14H19NO/c1-4-12-11(3)15(7-8-16)14-6-5-10(2)9-13(12)14/h5-6,9,16H,4,7-8H2,1-3H3. The first-order valence-electron chi connectivity index (χ1n) is 5.88. The number of aliphatic hydroxyl groups is 1. The van der Waals surface area contributed by atoms with E-state index in [9.17, 15) is 0 Å². The minimum atomic E-state index is 0.196. The van der Waals surface area contributed by atoms with Crippen LogP contribution >= 0.6 is 0 Å². The molecule has 0 amide bonds. The molecule has 1 N–H and O–H groups in total. The smallest absolute Gasteiger partial charge is 0.0610 e. The molecule has 2 heteroatoms. The molecule has 16 heavy (non-hydrogen) atoms. The van der Waals surface area contributed by atoms with Crippen molar-refractivity contribution in [3.8, 4) is 0 Å². The molecular formula is C14H19NO. The van der Waals surface area contributed by atoms with E-state index in [0.717, 1.165) is 6.42 Å². The van der Waals surface area contributed by atoms with Crippen LogP contribution in [0.4, 0.5) is 0 Å². The van der Waals surface area contributed by atoms with Gasteiger partial charge in [-0.2, -0.15) is 0 Å². The van der Waals surface area contributed by atoms with E-state index in [2.05, 4.69) is 43.5 Å². The number of aromatic nitrogens is 1. The summed E-state index contributed by atoms with van der Waals surface area (Å²) in [6.07, 6.45) is 1.05. The number of benzene rings is 1. The molecule has 0 saturated carbocycles. The molecule has 0 radical (unpaired) electrons. The first-order valence-corrected chi connectivity index (χ1v) is 5.88. The third-order valence-corrected chi connectivity index (χ3v) is 3.29. The highest BCUT2D eigenvalue weighted by Crippen LogP contribution is 2.27. The van der Waals surface area contributed by atoms with Crippen molar-refractivity contribution in [1.29, 1.82) is 0 Å². The second-order valence-corrected chi connectivity index (χ2v) is 4.31. The van der Waals surface area contributed by atoms with Gasteiger partial charge in [-0.25, -0.2) is 0 Å². The maximum atomic E-state index is 9.12.